The van der Waals surface area contributed by atoms with Gasteiger partial charge in [-0.05, 0) is 110 Å². The number of carbonyl (C=O) groups is 3. The number of nitrogens with one attached hydrogen (secondary N) is 2. The molecule has 0 spiro atoms. The fourth-order valence-electron chi connectivity index (χ4n) is 4.31. The van der Waals surface area contributed by atoms with Crippen LogP contribution in [0.5, 0.6) is 11.5 Å². The Balaban J connectivity index is 1.40. The third-order valence-corrected chi connectivity index (χ3v) is 7.92. The third kappa shape index (κ3) is 6.01. The maximum Gasteiger partial charge on any atom is 0.283 e. The van der Waals surface area contributed by atoms with Crippen molar-refractivity contribution in [2.75, 3.05) is 29.8 Å². The fourth-order valence-corrected chi connectivity index (χ4v) is 5.24. The fraction of sp³-hybridized carbons (Fsp3) is 0.121. The number of thioether (sulfide) groups is 1. The molecule has 42 heavy (non-hydrogen) atoms. The average Bonchev–Trinajstić information content (AvgIpc) is 3.23. The quantitative estimate of drug-likeness (QED) is 0.217. The zero-order valence-electron chi connectivity index (χ0n) is 23.6. The van der Waals surface area contributed by atoms with Crippen LogP contribution in [0.2, 0.25) is 0 Å². The number of methoxy groups -OCH3 is 2. The molecule has 3 amide bonds. The minimum absolute atomic E-state index is 0.195. The first-order valence-corrected chi connectivity index (χ1v) is 13.9. The molecule has 0 atom stereocenters. The lowest BCUT2D eigenvalue weighted by Gasteiger charge is -2.16. The van der Waals surface area contributed by atoms with Crippen molar-refractivity contribution in [2.24, 2.45) is 0 Å². The highest BCUT2D eigenvalue weighted by Gasteiger charge is 2.40. The first kappa shape index (κ1) is 28.5. The molecular formula is C33H29N3O5S. The van der Waals surface area contributed by atoms with E-state index in [-0.39, 0.29) is 16.5 Å². The summed E-state index contributed by atoms with van der Waals surface area (Å²) in [7, 11) is 3.12. The van der Waals surface area contributed by atoms with E-state index in [1.165, 1.54) is 11.8 Å². The van der Waals surface area contributed by atoms with Gasteiger partial charge in [0.05, 0.1) is 19.9 Å². The highest BCUT2D eigenvalue weighted by atomic mass is 32.2. The van der Waals surface area contributed by atoms with E-state index in [2.05, 4.69) is 10.6 Å². The summed E-state index contributed by atoms with van der Waals surface area (Å²) >= 11 is 1.19. The Kier molecular flexibility index (Phi) is 8.31. The topological polar surface area (TPSA) is 97.0 Å². The second-order valence-electron chi connectivity index (χ2n) is 9.58. The number of nitrogens with zero attached hydrogens (tertiary/aromatic N) is 1. The molecule has 0 saturated heterocycles. The predicted molar refractivity (Wildman–Crippen MR) is 165 cm³/mol. The van der Waals surface area contributed by atoms with Gasteiger partial charge in [-0.15, -0.1) is 0 Å². The second kappa shape index (κ2) is 12.2. The van der Waals surface area contributed by atoms with Crippen LogP contribution in [-0.4, -0.2) is 31.9 Å². The van der Waals surface area contributed by atoms with Gasteiger partial charge in [-0.25, -0.2) is 4.90 Å². The first-order valence-electron chi connectivity index (χ1n) is 13.1. The largest absolute Gasteiger partial charge is 0.497 e. The zero-order valence-corrected chi connectivity index (χ0v) is 24.4. The molecule has 1 aliphatic heterocycles. The van der Waals surface area contributed by atoms with Crippen molar-refractivity contribution >= 4 is 46.5 Å². The highest BCUT2D eigenvalue weighted by Crippen LogP contribution is 2.38. The van der Waals surface area contributed by atoms with Crippen LogP contribution in [-0.2, 0) is 9.59 Å². The molecule has 0 unspecified atom stereocenters. The molecule has 2 N–H and O–H groups in total. The molecule has 0 radical (unpaired) electrons. The number of hydrogen-bond donors (Lipinski definition) is 2. The van der Waals surface area contributed by atoms with Crippen LogP contribution in [0.15, 0.2) is 106 Å². The van der Waals surface area contributed by atoms with E-state index in [1.54, 1.807) is 87.0 Å². The lowest BCUT2D eigenvalue weighted by Crippen LogP contribution is -2.32. The predicted octanol–water partition coefficient (Wildman–Crippen LogP) is 6.56. The van der Waals surface area contributed by atoms with Crippen LogP contribution in [0.3, 0.4) is 0 Å². The zero-order chi connectivity index (χ0) is 29.8. The molecule has 0 saturated carbocycles. The number of amides is 3. The van der Waals surface area contributed by atoms with Crippen LogP contribution in [0.25, 0.3) is 0 Å². The van der Waals surface area contributed by atoms with Gasteiger partial charge in [0, 0.05) is 21.8 Å². The number of anilines is 3. The molecule has 5 rings (SSSR count). The molecule has 1 heterocycles. The Morgan fingerprint density at radius 3 is 1.90 bits per heavy atom. The monoisotopic (exact) mass is 579 g/mol. The van der Waals surface area contributed by atoms with E-state index in [0.717, 1.165) is 20.9 Å². The molecule has 0 aliphatic carbocycles. The van der Waals surface area contributed by atoms with Crippen LogP contribution >= 0.6 is 11.8 Å². The SMILES string of the molecule is COc1ccc(C(=O)Nc2ccc(SC3=C(Nc4ccc(C)c(C)c4)C(=O)N(c4ccc(OC)cc4)C3=O)cc2)cc1. The summed E-state index contributed by atoms with van der Waals surface area (Å²) in [5, 5.41) is 6.07. The summed E-state index contributed by atoms with van der Waals surface area (Å²) < 4.78 is 10.4. The number of rotatable bonds is 9. The van der Waals surface area contributed by atoms with Crippen molar-refractivity contribution in [1.82, 2.24) is 0 Å². The molecule has 0 fully saturated rings. The van der Waals surface area contributed by atoms with E-state index >= 15 is 0 Å². The van der Waals surface area contributed by atoms with Gasteiger partial charge < -0.3 is 20.1 Å². The van der Waals surface area contributed by atoms with Crippen molar-refractivity contribution in [1.29, 1.82) is 0 Å². The lowest BCUT2D eigenvalue weighted by atomic mass is 10.1. The summed E-state index contributed by atoms with van der Waals surface area (Å²) in [6, 6.07) is 26.5. The molecule has 9 heteroatoms. The summed E-state index contributed by atoms with van der Waals surface area (Å²) in [6.45, 7) is 4.00. The van der Waals surface area contributed by atoms with Gasteiger partial charge >= 0.3 is 0 Å². The van der Waals surface area contributed by atoms with Gasteiger partial charge in [-0.1, -0.05) is 17.8 Å². The van der Waals surface area contributed by atoms with Gasteiger partial charge in [0.1, 0.15) is 22.1 Å². The Hall–Kier alpha value is -5.02. The van der Waals surface area contributed by atoms with Crippen molar-refractivity contribution in [3.8, 4) is 11.5 Å². The standard InChI is InChI=1S/C33H29N3O5S/c1-20-5-8-24(19-21(20)2)34-29-30(33(39)36(32(29)38)25-11-15-27(41-4)16-12-25)42-28-17-9-23(10-18-28)35-31(37)22-6-13-26(40-3)14-7-22/h5-19,34H,1-4H3,(H,35,37). The van der Waals surface area contributed by atoms with Gasteiger partial charge in [0.2, 0.25) is 0 Å². The van der Waals surface area contributed by atoms with Gasteiger partial charge in [-0.2, -0.15) is 0 Å². The molecular weight excluding hydrogens is 550 g/mol. The average molecular weight is 580 g/mol. The number of imide groups is 1. The Morgan fingerprint density at radius 1 is 0.714 bits per heavy atom. The van der Waals surface area contributed by atoms with Crippen LogP contribution in [0, 0.1) is 13.8 Å². The maximum atomic E-state index is 13.7. The van der Waals surface area contributed by atoms with Gasteiger partial charge in [-0.3, -0.25) is 14.4 Å². The number of benzene rings is 4. The Labute approximate surface area is 248 Å². The lowest BCUT2D eigenvalue weighted by molar-refractivity contribution is -0.120. The van der Waals surface area contributed by atoms with E-state index in [0.29, 0.717) is 34.1 Å². The van der Waals surface area contributed by atoms with Crippen molar-refractivity contribution in [3.63, 3.8) is 0 Å². The van der Waals surface area contributed by atoms with E-state index in [9.17, 15) is 14.4 Å². The van der Waals surface area contributed by atoms with Crippen LogP contribution < -0.4 is 25.0 Å². The Bertz CT molecular complexity index is 1680. The highest BCUT2D eigenvalue weighted by molar-refractivity contribution is 8.04. The van der Waals surface area contributed by atoms with E-state index in [1.807, 2.05) is 32.0 Å². The molecule has 1 aliphatic rings. The van der Waals surface area contributed by atoms with Crippen molar-refractivity contribution in [2.45, 2.75) is 18.7 Å². The number of hydrogen-bond acceptors (Lipinski definition) is 7. The molecule has 4 aromatic carbocycles. The normalized spacial score (nSPS) is 12.9. The second-order valence-corrected chi connectivity index (χ2v) is 10.7. The van der Waals surface area contributed by atoms with Crippen LogP contribution in [0.1, 0.15) is 21.5 Å². The number of aryl methyl sites for hydroxylation is 2. The van der Waals surface area contributed by atoms with E-state index in [4.69, 9.17) is 9.47 Å². The smallest absolute Gasteiger partial charge is 0.283 e. The summed E-state index contributed by atoms with van der Waals surface area (Å²) in [4.78, 5) is 42.2. The minimum Gasteiger partial charge on any atom is -0.497 e. The molecule has 0 aromatic heterocycles. The molecule has 8 nitrogen and oxygen atoms in total. The molecule has 212 valence electrons. The molecule has 0 bridgehead atoms. The minimum atomic E-state index is -0.450. The summed E-state index contributed by atoms with van der Waals surface area (Å²) in [6.07, 6.45) is 0. The third-order valence-electron chi connectivity index (χ3n) is 6.83. The maximum absolute atomic E-state index is 13.7. The number of carbonyl (C=O) groups excluding carboxylic acids is 3. The van der Waals surface area contributed by atoms with Gasteiger partial charge in [0.25, 0.3) is 17.7 Å². The summed E-state index contributed by atoms with van der Waals surface area (Å²) in [5.74, 6) is 0.146. The van der Waals surface area contributed by atoms with Gasteiger partial charge in [0.15, 0.2) is 0 Å². The van der Waals surface area contributed by atoms with Crippen molar-refractivity contribution in [3.05, 3.63) is 118 Å². The molecule has 4 aromatic rings. The number of ether oxygens (including phenoxy) is 2. The first-order chi connectivity index (χ1) is 20.3. The van der Waals surface area contributed by atoms with E-state index < -0.39 is 11.8 Å². The van der Waals surface area contributed by atoms with Crippen molar-refractivity contribution < 1.29 is 23.9 Å². The summed E-state index contributed by atoms with van der Waals surface area (Å²) in [5.41, 5.74) is 4.62. The Morgan fingerprint density at radius 2 is 1.31 bits per heavy atom. The van der Waals surface area contributed by atoms with Crippen LogP contribution in [0.4, 0.5) is 17.1 Å².